The third-order valence-electron chi connectivity index (χ3n) is 6.96. The topological polar surface area (TPSA) is 17.0 Å². The normalized spacial score (nSPS) is 11.3. The lowest BCUT2D eigenvalue weighted by molar-refractivity contribution is 1.18. The zero-order valence-corrected chi connectivity index (χ0v) is 19.7. The summed E-state index contributed by atoms with van der Waals surface area (Å²) in [7, 11) is 0. The molecule has 0 atom stereocenters. The molecule has 2 nitrogen and oxygen atoms in total. The molecule has 7 rings (SSSR count). The largest absolute Gasteiger partial charge is 0.356 e. The van der Waals surface area contributed by atoms with Gasteiger partial charge in [-0.3, -0.25) is 0 Å². The van der Waals surface area contributed by atoms with Gasteiger partial charge in [0.1, 0.15) is 0 Å². The average molecular weight is 461 g/mol. The van der Waals surface area contributed by atoms with Gasteiger partial charge in [0.15, 0.2) is 0 Å². The molecule has 0 spiro atoms. The number of rotatable bonds is 4. The summed E-state index contributed by atoms with van der Waals surface area (Å²) in [5, 5.41) is 8.66. The lowest BCUT2D eigenvalue weighted by Crippen LogP contribution is -1.93. The van der Waals surface area contributed by atoms with E-state index in [9.17, 15) is 0 Å². The average Bonchev–Trinajstić information content (AvgIpc) is 3.27. The number of aromatic nitrogens is 1. The van der Waals surface area contributed by atoms with E-state index in [2.05, 4.69) is 149 Å². The van der Waals surface area contributed by atoms with Gasteiger partial charge in [-0.1, -0.05) is 91.0 Å². The van der Waals surface area contributed by atoms with Gasteiger partial charge in [0, 0.05) is 27.8 Å². The lowest BCUT2D eigenvalue weighted by atomic mass is 9.98. The molecule has 1 heterocycles. The molecule has 0 fully saturated rings. The predicted octanol–water partition coefficient (Wildman–Crippen LogP) is 9.35. The standard InChI is InChI=1S/C34H24N2/c1-2-11-28(12-3-1)36-33-16-7-6-14-31(33)32-23-27(21-22-34(32)36)35-26-19-17-25(18-20-26)30-15-8-10-24-9-4-5-13-29(24)30/h1-23,35H. The summed E-state index contributed by atoms with van der Waals surface area (Å²) in [4.78, 5) is 0. The number of para-hydroxylation sites is 2. The molecule has 170 valence electrons. The molecule has 7 aromatic rings. The van der Waals surface area contributed by atoms with Gasteiger partial charge in [0.05, 0.1) is 11.0 Å². The smallest absolute Gasteiger partial charge is 0.0542 e. The number of hydrogen-bond acceptors (Lipinski definition) is 1. The minimum absolute atomic E-state index is 1.07. The first kappa shape index (κ1) is 20.5. The van der Waals surface area contributed by atoms with Crippen molar-refractivity contribution >= 4 is 44.0 Å². The summed E-state index contributed by atoms with van der Waals surface area (Å²) in [5.41, 5.74) is 8.23. The molecule has 36 heavy (non-hydrogen) atoms. The molecule has 1 aromatic heterocycles. The number of anilines is 2. The molecular weight excluding hydrogens is 436 g/mol. The maximum absolute atomic E-state index is 3.62. The van der Waals surface area contributed by atoms with Crippen molar-refractivity contribution in [1.82, 2.24) is 4.57 Å². The summed E-state index contributed by atoms with van der Waals surface area (Å²) in [6, 6.07) is 49.6. The van der Waals surface area contributed by atoms with Gasteiger partial charge >= 0.3 is 0 Å². The summed E-state index contributed by atoms with van der Waals surface area (Å²) in [6.45, 7) is 0. The predicted molar refractivity (Wildman–Crippen MR) is 153 cm³/mol. The van der Waals surface area contributed by atoms with E-state index in [0.717, 1.165) is 11.4 Å². The van der Waals surface area contributed by atoms with Gasteiger partial charge in [0.2, 0.25) is 0 Å². The molecule has 0 aliphatic rings. The van der Waals surface area contributed by atoms with E-state index in [1.165, 1.54) is 49.4 Å². The Balaban J connectivity index is 1.26. The van der Waals surface area contributed by atoms with Crippen LogP contribution in [0, 0.1) is 0 Å². The number of fused-ring (bicyclic) bond motifs is 4. The van der Waals surface area contributed by atoms with E-state index in [1.807, 2.05) is 0 Å². The third kappa shape index (κ3) is 3.43. The van der Waals surface area contributed by atoms with Crippen molar-refractivity contribution in [3.8, 4) is 16.8 Å². The van der Waals surface area contributed by atoms with Gasteiger partial charge in [-0.05, 0) is 70.4 Å². The molecule has 1 N–H and O–H groups in total. The first-order valence-corrected chi connectivity index (χ1v) is 12.3. The van der Waals surface area contributed by atoms with Crippen LogP contribution >= 0.6 is 0 Å². The van der Waals surface area contributed by atoms with Crippen LogP contribution in [0.25, 0.3) is 49.4 Å². The fourth-order valence-electron chi connectivity index (χ4n) is 5.28. The minimum atomic E-state index is 1.07. The summed E-state index contributed by atoms with van der Waals surface area (Å²) < 4.78 is 2.34. The Labute approximate surface area is 210 Å². The van der Waals surface area contributed by atoms with Gasteiger partial charge in [-0.25, -0.2) is 0 Å². The molecular formula is C34H24N2. The highest BCUT2D eigenvalue weighted by atomic mass is 15.0. The molecule has 0 aliphatic heterocycles. The highest BCUT2D eigenvalue weighted by Gasteiger charge is 2.12. The molecule has 0 aliphatic carbocycles. The Morgan fingerprint density at radius 3 is 1.97 bits per heavy atom. The number of nitrogens with zero attached hydrogens (tertiary/aromatic N) is 1. The van der Waals surface area contributed by atoms with Crippen molar-refractivity contribution < 1.29 is 0 Å². The van der Waals surface area contributed by atoms with Crippen molar-refractivity contribution in [2.75, 3.05) is 5.32 Å². The second kappa shape index (κ2) is 8.44. The van der Waals surface area contributed by atoms with Crippen molar-refractivity contribution in [1.29, 1.82) is 0 Å². The van der Waals surface area contributed by atoms with Gasteiger partial charge in [-0.2, -0.15) is 0 Å². The van der Waals surface area contributed by atoms with Gasteiger partial charge in [-0.15, -0.1) is 0 Å². The van der Waals surface area contributed by atoms with E-state index in [-0.39, 0.29) is 0 Å². The molecule has 0 radical (unpaired) electrons. The summed E-state index contributed by atoms with van der Waals surface area (Å²) >= 11 is 0. The summed E-state index contributed by atoms with van der Waals surface area (Å²) in [5.74, 6) is 0. The second-order valence-corrected chi connectivity index (χ2v) is 9.15. The van der Waals surface area contributed by atoms with E-state index < -0.39 is 0 Å². The lowest BCUT2D eigenvalue weighted by Gasteiger charge is -2.11. The number of benzene rings is 6. The Hall–Kier alpha value is -4.82. The van der Waals surface area contributed by atoms with Crippen LogP contribution < -0.4 is 5.32 Å². The first-order chi connectivity index (χ1) is 17.8. The van der Waals surface area contributed by atoms with Crippen LogP contribution in [0.15, 0.2) is 140 Å². The minimum Gasteiger partial charge on any atom is -0.356 e. The fraction of sp³-hybridized carbons (Fsp3) is 0. The molecule has 0 saturated heterocycles. The van der Waals surface area contributed by atoms with Crippen molar-refractivity contribution in [2.45, 2.75) is 0 Å². The van der Waals surface area contributed by atoms with Crippen LogP contribution in [0.3, 0.4) is 0 Å². The summed E-state index contributed by atoms with van der Waals surface area (Å²) in [6.07, 6.45) is 0. The Kier molecular flexibility index (Phi) is 4.82. The molecule has 0 saturated carbocycles. The molecule has 0 amide bonds. The Morgan fingerprint density at radius 2 is 1.11 bits per heavy atom. The second-order valence-electron chi connectivity index (χ2n) is 9.15. The van der Waals surface area contributed by atoms with E-state index >= 15 is 0 Å². The van der Waals surface area contributed by atoms with Crippen molar-refractivity contribution in [3.63, 3.8) is 0 Å². The Morgan fingerprint density at radius 1 is 0.444 bits per heavy atom. The zero-order chi connectivity index (χ0) is 23.9. The quantitative estimate of drug-likeness (QED) is 0.277. The van der Waals surface area contributed by atoms with Crippen LogP contribution in [-0.4, -0.2) is 4.57 Å². The van der Waals surface area contributed by atoms with E-state index in [0.29, 0.717) is 0 Å². The van der Waals surface area contributed by atoms with Crippen LogP contribution in [0.5, 0.6) is 0 Å². The van der Waals surface area contributed by atoms with Crippen LogP contribution in [0.2, 0.25) is 0 Å². The van der Waals surface area contributed by atoms with Crippen molar-refractivity contribution in [2.24, 2.45) is 0 Å². The van der Waals surface area contributed by atoms with Crippen molar-refractivity contribution in [3.05, 3.63) is 140 Å². The maximum atomic E-state index is 3.62. The van der Waals surface area contributed by atoms with Crippen LogP contribution in [-0.2, 0) is 0 Å². The number of nitrogens with one attached hydrogen (secondary N) is 1. The fourth-order valence-corrected chi connectivity index (χ4v) is 5.28. The van der Waals surface area contributed by atoms with Gasteiger partial charge in [0.25, 0.3) is 0 Å². The molecule has 2 heteroatoms. The first-order valence-electron chi connectivity index (χ1n) is 12.3. The monoisotopic (exact) mass is 460 g/mol. The highest BCUT2D eigenvalue weighted by molar-refractivity contribution is 6.10. The zero-order valence-electron chi connectivity index (χ0n) is 19.7. The van der Waals surface area contributed by atoms with E-state index in [1.54, 1.807) is 0 Å². The molecule has 0 unspecified atom stereocenters. The molecule has 6 aromatic carbocycles. The number of hydrogen-bond donors (Lipinski definition) is 1. The third-order valence-corrected chi connectivity index (χ3v) is 6.96. The van der Waals surface area contributed by atoms with E-state index in [4.69, 9.17) is 0 Å². The van der Waals surface area contributed by atoms with Gasteiger partial charge < -0.3 is 9.88 Å². The van der Waals surface area contributed by atoms with Crippen LogP contribution in [0.1, 0.15) is 0 Å². The SMILES string of the molecule is c1ccc(-n2c3ccccc3c3cc(Nc4ccc(-c5cccc6ccccc56)cc4)ccc32)cc1. The van der Waals surface area contributed by atoms with Crippen LogP contribution in [0.4, 0.5) is 11.4 Å². The molecule has 0 bridgehead atoms. The maximum Gasteiger partial charge on any atom is 0.0542 e. The highest BCUT2D eigenvalue weighted by Crippen LogP contribution is 2.35. The Bertz CT molecular complexity index is 1840.